The Balaban J connectivity index is 1.60. The standard InChI is InChI=1S/C18H17N7O2S2/c1-9-5-4-6-13(10(9)2)25-15-12(7-19-25)16(27)22-17(21-15)28-8-14(26)20-18-24-23-11(3)29-18/h4-7H,8H2,1-3H3,(H,20,24,26)(H,21,22,27). The molecule has 2 N–H and O–H groups in total. The lowest BCUT2D eigenvalue weighted by molar-refractivity contribution is -0.113. The van der Waals surface area contributed by atoms with E-state index in [0.717, 1.165) is 33.6 Å². The Morgan fingerprint density at radius 2 is 2.10 bits per heavy atom. The van der Waals surface area contributed by atoms with Crippen LogP contribution < -0.4 is 10.9 Å². The van der Waals surface area contributed by atoms with E-state index < -0.39 is 0 Å². The normalized spacial score (nSPS) is 11.1. The predicted molar refractivity (Wildman–Crippen MR) is 113 cm³/mol. The average molecular weight is 428 g/mol. The molecule has 0 aliphatic carbocycles. The maximum atomic E-state index is 12.5. The van der Waals surface area contributed by atoms with Crippen molar-refractivity contribution in [3.63, 3.8) is 0 Å². The fourth-order valence-corrected chi connectivity index (χ4v) is 4.01. The summed E-state index contributed by atoms with van der Waals surface area (Å²) in [6.07, 6.45) is 1.50. The minimum Gasteiger partial charge on any atom is -0.301 e. The first-order chi connectivity index (χ1) is 13.9. The van der Waals surface area contributed by atoms with Crippen molar-refractivity contribution in [1.29, 1.82) is 0 Å². The van der Waals surface area contributed by atoms with Crippen LogP contribution >= 0.6 is 23.1 Å². The van der Waals surface area contributed by atoms with Crippen molar-refractivity contribution in [2.45, 2.75) is 25.9 Å². The summed E-state index contributed by atoms with van der Waals surface area (Å²) in [4.78, 5) is 31.8. The molecule has 1 amide bonds. The summed E-state index contributed by atoms with van der Waals surface area (Å²) in [6.45, 7) is 5.83. The number of hydrogen-bond donors (Lipinski definition) is 2. The number of carbonyl (C=O) groups is 1. The van der Waals surface area contributed by atoms with Gasteiger partial charge in [-0.3, -0.25) is 14.9 Å². The molecule has 0 unspecified atom stereocenters. The lowest BCUT2D eigenvalue weighted by Gasteiger charge is -2.09. The van der Waals surface area contributed by atoms with Crippen LogP contribution in [0.2, 0.25) is 0 Å². The summed E-state index contributed by atoms with van der Waals surface area (Å²) >= 11 is 2.43. The van der Waals surface area contributed by atoms with E-state index in [1.165, 1.54) is 17.5 Å². The third kappa shape index (κ3) is 3.91. The van der Waals surface area contributed by atoms with Gasteiger partial charge in [0.05, 0.1) is 17.6 Å². The molecule has 1 aromatic carbocycles. The number of hydrogen-bond acceptors (Lipinski definition) is 8. The number of aromatic amines is 1. The smallest absolute Gasteiger partial charge is 0.262 e. The van der Waals surface area contributed by atoms with E-state index in [2.05, 4.69) is 30.6 Å². The number of nitrogens with one attached hydrogen (secondary N) is 2. The Hall–Kier alpha value is -3.05. The molecular formula is C18H17N7O2S2. The maximum absolute atomic E-state index is 12.5. The Kier molecular flexibility index (Phi) is 5.16. The van der Waals surface area contributed by atoms with Crippen LogP contribution in [-0.4, -0.2) is 41.6 Å². The lowest BCUT2D eigenvalue weighted by atomic mass is 10.1. The van der Waals surface area contributed by atoms with Gasteiger partial charge in [-0.05, 0) is 38.0 Å². The lowest BCUT2D eigenvalue weighted by Crippen LogP contribution is -2.15. The first-order valence-electron chi connectivity index (χ1n) is 8.70. The zero-order valence-corrected chi connectivity index (χ0v) is 17.5. The highest BCUT2D eigenvalue weighted by atomic mass is 32.2. The molecule has 0 bridgehead atoms. The van der Waals surface area contributed by atoms with E-state index in [4.69, 9.17) is 0 Å². The third-order valence-electron chi connectivity index (χ3n) is 4.33. The zero-order chi connectivity index (χ0) is 20.5. The molecule has 9 nitrogen and oxygen atoms in total. The number of rotatable bonds is 5. The van der Waals surface area contributed by atoms with Gasteiger partial charge < -0.3 is 4.98 Å². The first-order valence-corrected chi connectivity index (χ1v) is 10.5. The van der Waals surface area contributed by atoms with Gasteiger partial charge in [-0.1, -0.05) is 35.2 Å². The van der Waals surface area contributed by atoms with E-state index in [0.29, 0.717) is 21.3 Å². The van der Waals surface area contributed by atoms with Crippen LogP contribution in [0.25, 0.3) is 16.7 Å². The van der Waals surface area contributed by atoms with Crippen molar-refractivity contribution >= 4 is 45.2 Å². The fraction of sp³-hybridized carbons (Fsp3) is 0.222. The number of amides is 1. The molecule has 148 valence electrons. The number of nitrogens with zero attached hydrogens (tertiary/aromatic N) is 5. The van der Waals surface area contributed by atoms with Crippen molar-refractivity contribution in [3.05, 3.63) is 50.9 Å². The number of thioether (sulfide) groups is 1. The second-order valence-corrected chi connectivity index (χ2v) is 8.49. The number of anilines is 1. The quantitative estimate of drug-likeness (QED) is 0.371. The van der Waals surface area contributed by atoms with Gasteiger partial charge in [-0.15, -0.1) is 10.2 Å². The number of aryl methyl sites for hydroxylation is 2. The summed E-state index contributed by atoms with van der Waals surface area (Å²) in [5, 5.41) is 16.7. The molecule has 29 heavy (non-hydrogen) atoms. The van der Waals surface area contributed by atoms with E-state index in [1.54, 1.807) is 4.68 Å². The molecule has 0 aliphatic heterocycles. The molecule has 0 saturated carbocycles. The van der Waals surface area contributed by atoms with Gasteiger partial charge >= 0.3 is 0 Å². The predicted octanol–water partition coefficient (Wildman–Crippen LogP) is 2.62. The molecular weight excluding hydrogens is 410 g/mol. The monoisotopic (exact) mass is 427 g/mol. The molecule has 3 aromatic heterocycles. The van der Waals surface area contributed by atoms with Crippen molar-refractivity contribution in [2.75, 3.05) is 11.1 Å². The fourth-order valence-electron chi connectivity index (χ4n) is 2.74. The topological polar surface area (TPSA) is 118 Å². The number of H-pyrrole nitrogens is 1. The highest BCUT2D eigenvalue weighted by Crippen LogP contribution is 2.22. The summed E-state index contributed by atoms with van der Waals surface area (Å²) in [7, 11) is 0. The Morgan fingerprint density at radius 1 is 1.28 bits per heavy atom. The van der Waals surface area contributed by atoms with Gasteiger partial charge in [0.2, 0.25) is 11.0 Å². The molecule has 0 radical (unpaired) electrons. The molecule has 0 spiro atoms. The molecule has 0 aliphatic rings. The Morgan fingerprint density at radius 3 is 2.86 bits per heavy atom. The SMILES string of the molecule is Cc1nnc(NC(=O)CSc2nc3c(cnn3-c3cccc(C)c3C)c(=O)[nH]2)s1. The van der Waals surface area contributed by atoms with E-state index in [-0.39, 0.29) is 17.2 Å². The third-order valence-corrected chi connectivity index (χ3v) is 5.96. The van der Waals surface area contributed by atoms with Crippen LogP contribution in [0.1, 0.15) is 16.1 Å². The van der Waals surface area contributed by atoms with Crippen molar-refractivity contribution in [1.82, 2.24) is 29.9 Å². The number of benzene rings is 1. The van der Waals surface area contributed by atoms with Crippen molar-refractivity contribution in [3.8, 4) is 5.69 Å². The number of fused-ring (bicyclic) bond motifs is 1. The van der Waals surface area contributed by atoms with E-state index in [1.807, 2.05) is 39.0 Å². The highest BCUT2D eigenvalue weighted by Gasteiger charge is 2.15. The van der Waals surface area contributed by atoms with Crippen LogP contribution in [0.3, 0.4) is 0 Å². The first kappa shape index (κ1) is 19.3. The van der Waals surface area contributed by atoms with E-state index in [9.17, 15) is 9.59 Å². The minimum absolute atomic E-state index is 0.0741. The summed E-state index contributed by atoms with van der Waals surface area (Å²) in [5.41, 5.74) is 3.19. The minimum atomic E-state index is -0.297. The van der Waals surface area contributed by atoms with E-state index >= 15 is 0 Å². The Labute approximate surface area is 173 Å². The molecule has 0 fully saturated rings. The molecule has 3 heterocycles. The summed E-state index contributed by atoms with van der Waals surface area (Å²) in [6, 6.07) is 5.89. The zero-order valence-electron chi connectivity index (χ0n) is 15.9. The largest absolute Gasteiger partial charge is 0.301 e. The molecule has 4 aromatic rings. The molecule has 4 rings (SSSR count). The number of carbonyl (C=O) groups excluding carboxylic acids is 1. The van der Waals surface area contributed by atoms with Gasteiger partial charge in [-0.2, -0.15) is 5.10 Å². The van der Waals surface area contributed by atoms with Gasteiger partial charge in [-0.25, -0.2) is 9.67 Å². The van der Waals surface area contributed by atoms with Gasteiger partial charge in [0.1, 0.15) is 10.4 Å². The number of aromatic nitrogens is 6. The van der Waals surface area contributed by atoms with Crippen LogP contribution in [0.5, 0.6) is 0 Å². The highest BCUT2D eigenvalue weighted by molar-refractivity contribution is 7.99. The summed E-state index contributed by atoms with van der Waals surface area (Å²) < 4.78 is 1.65. The van der Waals surface area contributed by atoms with Gasteiger partial charge in [0.25, 0.3) is 5.56 Å². The Bertz CT molecular complexity index is 1270. The molecule has 11 heteroatoms. The van der Waals surface area contributed by atoms with Gasteiger partial charge in [0.15, 0.2) is 10.8 Å². The van der Waals surface area contributed by atoms with Gasteiger partial charge in [0, 0.05) is 0 Å². The van der Waals surface area contributed by atoms with Crippen molar-refractivity contribution < 1.29 is 4.79 Å². The average Bonchev–Trinajstić information content (AvgIpc) is 3.29. The van der Waals surface area contributed by atoms with Crippen LogP contribution in [0.15, 0.2) is 34.3 Å². The van der Waals surface area contributed by atoms with Crippen molar-refractivity contribution in [2.24, 2.45) is 0 Å². The van der Waals surface area contributed by atoms with Crippen LogP contribution in [-0.2, 0) is 4.79 Å². The van der Waals surface area contributed by atoms with Crippen LogP contribution in [0.4, 0.5) is 5.13 Å². The second-order valence-electron chi connectivity index (χ2n) is 6.35. The maximum Gasteiger partial charge on any atom is 0.262 e. The summed E-state index contributed by atoms with van der Waals surface area (Å²) in [5.74, 6) is -0.179. The second kappa shape index (κ2) is 7.76. The molecule has 0 atom stereocenters. The molecule has 0 saturated heterocycles. The van der Waals surface area contributed by atoms with Crippen LogP contribution in [0, 0.1) is 20.8 Å².